The molecule has 3 N–H and O–H groups in total. The lowest BCUT2D eigenvalue weighted by atomic mass is 10.1. The number of rotatable bonds is 5. The molecule has 3 rings (SSSR count). The predicted octanol–water partition coefficient (Wildman–Crippen LogP) is 1.83. The Labute approximate surface area is 135 Å². The fourth-order valence-corrected chi connectivity index (χ4v) is 3.03. The summed E-state index contributed by atoms with van der Waals surface area (Å²) in [7, 11) is 0. The molecule has 6 nitrogen and oxygen atoms in total. The Morgan fingerprint density at radius 1 is 1.30 bits per heavy atom. The highest BCUT2D eigenvalue weighted by Gasteiger charge is 2.25. The van der Waals surface area contributed by atoms with Crippen LogP contribution in [0.15, 0.2) is 43.0 Å². The van der Waals surface area contributed by atoms with E-state index in [2.05, 4.69) is 15.6 Å². The smallest absolute Gasteiger partial charge is 0.315 e. The molecule has 2 aromatic rings. The number of nitrogens with one attached hydrogen (secondary N) is 2. The highest BCUT2D eigenvalue weighted by Crippen LogP contribution is 2.24. The molecule has 1 aliphatic carbocycles. The molecule has 1 aliphatic rings. The number of para-hydroxylation sites is 1. The maximum atomic E-state index is 12.0. The van der Waals surface area contributed by atoms with Gasteiger partial charge in [-0.05, 0) is 24.5 Å². The first kappa shape index (κ1) is 15.6. The van der Waals surface area contributed by atoms with E-state index in [1.165, 1.54) is 0 Å². The van der Waals surface area contributed by atoms with Crippen molar-refractivity contribution in [2.75, 3.05) is 6.54 Å². The zero-order chi connectivity index (χ0) is 16.1. The number of carbonyl (C=O) groups excluding carboxylic acids is 1. The quantitative estimate of drug-likeness (QED) is 0.788. The Morgan fingerprint density at radius 2 is 2.17 bits per heavy atom. The van der Waals surface area contributed by atoms with Crippen LogP contribution in [-0.4, -0.2) is 33.3 Å². The molecule has 23 heavy (non-hydrogen) atoms. The Kier molecular flexibility index (Phi) is 4.92. The number of aliphatic hydroxyl groups is 1. The van der Waals surface area contributed by atoms with Gasteiger partial charge < -0.3 is 20.3 Å². The summed E-state index contributed by atoms with van der Waals surface area (Å²) in [6.45, 7) is 0.962. The molecular weight excluding hydrogens is 292 g/mol. The first-order chi connectivity index (χ1) is 11.2. The fraction of sp³-hybridized carbons (Fsp3) is 0.412. The molecule has 2 unspecified atom stereocenters. The van der Waals surface area contributed by atoms with Gasteiger partial charge in [0.05, 0.1) is 18.1 Å². The van der Waals surface area contributed by atoms with E-state index >= 15 is 0 Å². The van der Waals surface area contributed by atoms with E-state index in [1.54, 1.807) is 12.5 Å². The number of aliphatic hydroxyl groups excluding tert-OH is 1. The predicted molar refractivity (Wildman–Crippen MR) is 87.2 cm³/mol. The average molecular weight is 314 g/mol. The van der Waals surface area contributed by atoms with Crippen LogP contribution in [-0.2, 0) is 6.54 Å². The van der Waals surface area contributed by atoms with Crippen molar-refractivity contribution < 1.29 is 9.90 Å². The molecule has 0 spiro atoms. The van der Waals surface area contributed by atoms with E-state index in [1.807, 2.05) is 35.0 Å². The van der Waals surface area contributed by atoms with Gasteiger partial charge in [0.15, 0.2) is 0 Å². The summed E-state index contributed by atoms with van der Waals surface area (Å²) < 4.78 is 1.92. The molecule has 122 valence electrons. The summed E-state index contributed by atoms with van der Waals surface area (Å²) in [5.74, 6) is 0.180. The standard InChI is InChI=1S/C17H22N4O2/c22-16-7-3-5-14(16)11-20-17(23)19-10-13-4-1-2-6-15(13)21-9-8-18-12-21/h1-2,4,6,8-9,12,14,16,22H,3,5,7,10-11H2,(H2,19,20,23). The number of urea groups is 1. The SMILES string of the molecule is O=C(NCc1ccccc1-n1ccnc1)NCC1CCCC1O. The van der Waals surface area contributed by atoms with E-state index in [4.69, 9.17) is 0 Å². The first-order valence-electron chi connectivity index (χ1n) is 8.00. The van der Waals surface area contributed by atoms with E-state index in [-0.39, 0.29) is 18.1 Å². The van der Waals surface area contributed by atoms with Crippen LogP contribution in [0.3, 0.4) is 0 Å². The summed E-state index contributed by atoms with van der Waals surface area (Å²) in [6.07, 6.45) is 7.91. The minimum absolute atomic E-state index is 0.180. The van der Waals surface area contributed by atoms with Crippen molar-refractivity contribution in [3.05, 3.63) is 48.5 Å². The molecule has 2 atom stereocenters. The van der Waals surface area contributed by atoms with Gasteiger partial charge in [-0.2, -0.15) is 0 Å². The zero-order valence-electron chi connectivity index (χ0n) is 13.0. The Hall–Kier alpha value is -2.34. The molecule has 1 aromatic heterocycles. The van der Waals surface area contributed by atoms with Gasteiger partial charge in [-0.3, -0.25) is 0 Å². The molecule has 1 heterocycles. The molecule has 0 bridgehead atoms. The Morgan fingerprint density at radius 3 is 2.91 bits per heavy atom. The van der Waals surface area contributed by atoms with E-state index in [0.717, 1.165) is 30.5 Å². The topological polar surface area (TPSA) is 79.2 Å². The summed E-state index contributed by atoms with van der Waals surface area (Å²) in [5, 5.41) is 15.5. The van der Waals surface area contributed by atoms with E-state index in [9.17, 15) is 9.90 Å². The first-order valence-corrected chi connectivity index (χ1v) is 8.00. The third kappa shape index (κ3) is 3.90. The fourth-order valence-electron chi connectivity index (χ4n) is 3.03. The average Bonchev–Trinajstić information content (AvgIpc) is 3.23. The van der Waals surface area contributed by atoms with E-state index < -0.39 is 0 Å². The molecule has 0 saturated heterocycles. The lowest BCUT2D eigenvalue weighted by Crippen LogP contribution is -2.39. The number of imidazole rings is 1. The normalized spacial score (nSPS) is 20.4. The maximum absolute atomic E-state index is 12.0. The summed E-state index contributed by atoms with van der Waals surface area (Å²) in [5.41, 5.74) is 2.01. The zero-order valence-corrected chi connectivity index (χ0v) is 13.0. The van der Waals surface area contributed by atoms with Crippen LogP contribution in [0.25, 0.3) is 5.69 Å². The molecule has 6 heteroatoms. The Balaban J connectivity index is 1.53. The van der Waals surface area contributed by atoms with Gasteiger partial charge in [-0.1, -0.05) is 24.6 Å². The van der Waals surface area contributed by atoms with Crippen LogP contribution < -0.4 is 10.6 Å². The van der Waals surface area contributed by atoms with Crippen molar-refractivity contribution in [2.24, 2.45) is 5.92 Å². The van der Waals surface area contributed by atoms with Crippen molar-refractivity contribution >= 4 is 6.03 Å². The van der Waals surface area contributed by atoms with Gasteiger partial charge in [0, 0.05) is 31.4 Å². The van der Waals surface area contributed by atoms with Crippen molar-refractivity contribution in [2.45, 2.75) is 31.9 Å². The third-order valence-electron chi connectivity index (χ3n) is 4.36. The van der Waals surface area contributed by atoms with Crippen molar-refractivity contribution in [3.8, 4) is 5.69 Å². The van der Waals surface area contributed by atoms with Gasteiger partial charge in [0.1, 0.15) is 0 Å². The molecular formula is C17H22N4O2. The number of nitrogens with zero attached hydrogens (tertiary/aromatic N) is 2. The summed E-state index contributed by atoms with van der Waals surface area (Å²) in [4.78, 5) is 16.0. The lowest BCUT2D eigenvalue weighted by molar-refractivity contribution is 0.132. The molecule has 0 aliphatic heterocycles. The maximum Gasteiger partial charge on any atom is 0.315 e. The number of hydrogen-bond acceptors (Lipinski definition) is 3. The summed E-state index contributed by atoms with van der Waals surface area (Å²) >= 11 is 0. The molecule has 2 amide bonds. The van der Waals surface area contributed by atoms with Crippen LogP contribution in [0.5, 0.6) is 0 Å². The second kappa shape index (κ2) is 7.28. The number of amides is 2. The van der Waals surface area contributed by atoms with Crippen LogP contribution in [0.4, 0.5) is 4.79 Å². The van der Waals surface area contributed by atoms with Gasteiger partial charge in [0.2, 0.25) is 0 Å². The van der Waals surface area contributed by atoms with Crippen molar-refractivity contribution in [1.82, 2.24) is 20.2 Å². The van der Waals surface area contributed by atoms with Crippen LogP contribution in [0.1, 0.15) is 24.8 Å². The molecule has 1 saturated carbocycles. The lowest BCUT2D eigenvalue weighted by Gasteiger charge is -2.16. The minimum Gasteiger partial charge on any atom is -0.393 e. The monoisotopic (exact) mass is 314 g/mol. The largest absolute Gasteiger partial charge is 0.393 e. The van der Waals surface area contributed by atoms with Gasteiger partial charge in [-0.25, -0.2) is 9.78 Å². The summed E-state index contributed by atoms with van der Waals surface area (Å²) in [6, 6.07) is 7.68. The number of hydrogen-bond donors (Lipinski definition) is 3. The molecule has 1 aromatic carbocycles. The van der Waals surface area contributed by atoms with Gasteiger partial charge >= 0.3 is 6.03 Å². The molecule has 0 radical (unpaired) electrons. The highest BCUT2D eigenvalue weighted by molar-refractivity contribution is 5.74. The van der Waals surface area contributed by atoms with Crippen LogP contribution in [0.2, 0.25) is 0 Å². The number of carbonyl (C=O) groups is 1. The number of benzene rings is 1. The van der Waals surface area contributed by atoms with E-state index in [0.29, 0.717) is 13.1 Å². The Bertz CT molecular complexity index is 642. The van der Waals surface area contributed by atoms with Crippen molar-refractivity contribution in [1.29, 1.82) is 0 Å². The molecule has 1 fully saturated rings. The van der Waals surface area contributed by atoms with Gasteiger partial charge in [0.25, 0.3) is 0 Å². The van der Waals surface area contributed by atoms with Crippen LogP contribution >= 0.6 is 0 Å². The highest BCUT2D eigenvalue weighted by atomic mass is 16.3. The van der Waals surface area contributed by atoms with Crippen molar-refractivity contribution in [3.63, 3.8) is 0 Å². The minimum atomic E-state index is -0.280. The second-order valence-corrected chi connectivity index (χ2v) is 5.92. The third-order valence-corrected chi connectivity index (χ3v) is 4.36. The second-order valence-electron chi connectivity index (χ2n) is 5.92. The van der Waals surface area contributed by atoms with Gasteiger partial charge in [-0.15, -0.1) is 0 Å². The number of aromatic nitrogens is 2. The van der Waals surface area contributed by atoms with Crippen LogP contribution in [0, 0.1) is 5.92 Å².